The average molecular weight is 378 g/mol. The maximum atomic E-state index is 12.2. The summed E-state index contributed by atoms with van der Waals surface area (Å²) in [6.45, 7) is 3.10. The summed E-state index contributed by atoms with van der Waals surface area (Å²) in [6, 6.07) is 9.81. The van der Waals surface area contributed by atoms with Gasteiger partial charge in [-0.25, -0.2) is 8.42 Å². The molecule has 26 heavy (non-hydrogen) atoms. The molecule has 0 heterocycles. The van der Waals surface area contributed by atoms with Gasteiger partial charge in [0, 0.05) is 6.26 Å². The van der Waals surface area contributed by atoms with Crippen molar-refractivity contribution in [3.05, 3.63) is 54.1 Å². The molecule has 1 N–H and O–H groups in total. The molecule has 0 saturated carbocycles. The Balaban J connectivity index is 2.12. The van der Waals surface area contributed by atoms with Crippen molar-refractivity contribution in [1.29, 1.82) is 0 Å². The summed E-state index contributed by atoms with van der Waals surface area (Å²) in [6.07, 6.45) is 6.96. The van der Waals surface area contributed by atoms with Crippen molar-refractivity contribution in [2.45, 2.75) is 43.5 Å². The highest BCUT2D eigenvalue weighted by Crippen LogP contribution is 2.34. The Hall–Kier alpha value is -1.92. The molecular weight excluding hydrogens is 352 g/mol. The summed E-state index contributed by atoms with van der Waals surface area (Å²) in [7, 11) is -3.69. The van der Waals surface area contributed by atoms with Crippen LogP contribution in [0.15, 0.2) is 48.6 Å². The number of carbonyl (C=O) groups is 1. The third kappa shape index (κ3) is 4.43. The molecule has 0 amide bonds. The molecule has 2 atom stereocenters. The third-order valence-electron chi connectivity index (χ3n) is 4.92. The summed E-state index contributed by atoms with van der Waals surface area (Å²) < 4.78 is 27.6. The van der Waals surface area contributed by atoms with Gasteiger partial charge in [0.25, 0.3) is 0 Å². The first-order valence-electron chi connectivity index (χ1n) is 8.65. The number of ether oxygens (including phenoxy) is 1. The highest BCUT2D eigenvalue weighted by Gasteiger charge is 2.46. The van der Waals surface area contributed by atoms with Crippen LogP contribution in [0, 0.1) is 0 Å². The van der Waals surface area contributed by atoms with Gasteiger partial charge in [-0.3, -0.25) is 4.79 Å². The summed E-state index contributed by atoms with van der Waals surface area (Å²) >= 11 is 0. The van der Waals surface area contributed by atoms with Crippen LogP contribution in [0.4, 0.5) is 0 Å². The molecule has 142 valence electrons. The molecule has 2 rings (SSSR count). The second-order valence-electron chi connectivity index (χ2n) is 6.89. The minimum absolute atomic E-state index is 0.0139. The molecule has 0 bridgehead atoms. The predicted octanol–water partition coefficient (Wildman–Crippen LogP) is 2.91. The minimum atomic E-state index is -3.69. The zero-order chi connectivity index (χ0) is 19.4. The average Bonchev–Trinajstić information content (AvgIpc) is 2.60. The molecule has 0 aromatic heterocycles. The lowest BCUT2D eigenvalue weighted by Crippen LogP contribution is -2.46. The van der Waals surface area contributed by atoms with Gasteiger partial charge in [-0.1, -0.05) is 48.6 Å². The molecule has 0 spiro atoms. The lowest BCUT2D eigenvalue weighted by atomic mass is 9.84. The lowest BCUT2D eigenvalue weighted by molar-refractivity contribution is -0.146. The van der Waals surface area contributed by atoms with E-state index in [-0.39, 0.29) is 19.4 Å². The van der Waals surface area contributed by atoms with Crippen LogP contribution in [-0.4, -0.2) is 42.7 Å². The van der Waals surface area contributed by atoms with Crippen LogP contribution in [0.5, 0.6) is 0 Å². The highest BCUT2D eigenvalue weighted by atomic mass is 32.2. The molecule has 1 aromatic rings. The van der Waals surface area contributed by atoms with Gasteiger partial charge in [0.1, 0.15) is 0 Å². The smallest absolute Gasteiger partial charge is 0.327 e. The molecule has 0 saturated heterocycles. The Morgan fingerprint density at radius 3 is 2.46 bits per heavy atom. The molecular formula is C20H26O5S. The molecule has 1 aliphatic rings. The number of hydrogen-bond acceptors (Lipinski definition) is 5. The Morgan fingerprint density at radius 1 is 1.31 bits per heavy atom. The number of carbonyl (C=O) groups excluding carboxylic acids is 1. The van der Waals surface area contributed by atoms with E-state index in [1.165, 1.54) is 6.92 Å². The molecule has 0 aliphatic heterocycles. The second-order valence-corrected chi connectivity index (χ2v) is 9.34. The maximum Gasteiger partial charge on any atom is 0.327 e. The van der Waals surface area contributed by atoms with E-state index in [2.05, 4.69) is 0 Å². The number of sulfone groups is 1. The van der Waals surface area contributed by atoms with Gasteiger partial charge >= 0.3 is 5.97 Å². The number of aliphatic hydroxyl groups is 1. The van der Waals surface area contributed by atoms with Crippen LogP contribution in [0.1, 0.15) is 38.7 Å². The molecule has 0 radical (unpaired) electrons. The van der Waals surface area contributed by atoms with Gasteiger partial charge in [0.2, 0.25) is 0 Å². The number of rotatable bonds is 7. The van der Waals surface area contributed by atoms with Crippen molar-refractivity contribution >= 4 is 21.4 Å². The number of hydrogen-bond donors (Lipinski definition) is 1. The SMILES string of the molecule is CCOC(=O)[C@@](C)(CCC1(O)C=CC(c2ccccc2)=CC1)S(C)(=O)=O. The van der Waals surface area contributed by atoms with Crippen LogP contribution >= 0.6 is 0 Å². The van der Waals surface area contributed by atoms with Crippen LogP contribution in [0.2, 0.25) is 0 Å². The molecule has 1 aliphatic carbocycles. The fourth-order valence-corrected chi connectivity index (χ4v) is 3.71. The Bertz CT molecular complexity index is 810. The van der Waals surface area contributed by atoms with Gasteiger partial charge in [-0.05, 0) is 44.2 Å². The summed E-state index contributed by atoms with van der Waals surface area (Å²) in [5.74, 6) is -0.772. The van der Waals surface area contributed by atoms with E-state index >= 15 is 0 Å². The second kappa shape index (κ2) is 7.76. The van der Waals surface area contributed by atoms with E-state index in [0.717, 1.165) is 17.4 Å². The fourth-order valence-electron chi connectivity index (χ4n) is 2.88. The first-order valence-corrected chi connectivity index (χ1v) is 10.5. The fraction of sp³-hybridized carbons (Fsp3) is 0.450. The Morgan fingerprint density at radius 2 is 1.96 bits per heavy atom. The molecule has 5 nitrogen and oxygen atoms in total. The molecule has 0 fully saturated rings. The van der Waals surface area contributed by atoms with Crippen molar-refractivity contribution in [3.8, 4) is 0 Å². The summed E-state index contributed by atoms with van der Waals surface area (Å²) in [5.41, 5.74) is 0.876. The first-order chi connectivity index (χ1) is 12.1. The van der Waals surface area contributed by atoms with E-state index in [9.17, 15) is 18.3 Å². The van der Waals surface area contributed by atoms with E-state index in [4.69, 9.17) is 4.74 Å². The van der Waals surface area contributed by atoms with E-state index in [1.807, 2.05) is 42.5 Å². The Labute approximate surface area is 155 Å². The van der Waals surface area contributed by atoms with Crippen LogP contribution in [0.3, 0.4) is 0 Å². The Kier molecular flexibility index (Phi) is 6.09. The molecule has 1 unspecified atom stereocenters. The van der Waals surface area contributed by atoms with Gasteiger partial charge < -0.3 is 9.84 Å². The predicted molar refractivity (Wildman–Crippen MR) is 102 cm³/mol. The largest absolute Gasteiger partial charge is 0.465 e. The number of allylic oxidation sites excluding steroid dienone is 2. The van der Waals surface area contributed by atoms with Crippen LogP contribution in [-0.2, 0) is 19.4 Å². The summed E-state index contributed by atoms with van der Waals surface area (Å²) in [5, 5.41) is 10.8. The van der Waals surface area contributed by atoms with Crippen molar-refractivity contribution in [2.24, 2.45) is 0 Å². The number of benzene rings is 1. The van der Waals surface area contributed by atoms with Gasteiger partial charge in [0.15, 0.2) is 14.6 Å². The van der Waals surface area contributed by atoms with Crippen molar-refractivity contribution in [2.75, 3.05) is 12.9 Å². The minimum Gasteiger partial charge on any atom is -0.465 e. The summed E-state index contributed by atoms with van der Waals surface area (Å²) in [4.78, 5) is 12.2. The third-order valence-corrected chi connectivity index (χ3v) is 6.92. The van der Waals surface area contributed by atoms with Crippen LogP contribution < -0.4 is 0 Å². The zero-order valence-electron chi connectivity index (χ0n) is 15.4. The van der Waals surface area contributed by atoms with Gasteiger partial charge in [0.05, 0.1) is 12.2 Å². The van der Waals surface area contributed by atoms with Gasteiger partial charge in [-0.15, -0.1) is 0 Å². The molecule has 1 aromatic carbocycles. The maximum absolute atomic E-state index is 12.2. The molecule has 6 heteroatoms. The van der Waals surface area contributed by atoms with Crippen molar-refractivity contribution in [3.63, 3.8) is 0 Å². The van der Waals surface area contributed by atoms with Crippen molar-refractivity contribution < 1.29 is 23.1 Å². The number of esters is 1. The quantitative estimate of drug-likeness (QED) is 0.738. The van der Waals surface area contributed by atoms with E-state index < -0.39 is 26.2 Å². The monoisotopic (exact) mass is 378 g/mol. The van der Waals surface area contributed by atoms with E-state index in [0.29, 0.717) is 6.42 Å². The van der Waals surface area contributed by atoms with Gasteiger partial charge in [-0.2, -0.15) is 0 Å². The van der Waals surface area contributed by atoms with Crippen LogP contribution in [0.25, 0.3) is 5.57 Å². The lowest BCUT2D eigenvalue weighted by Gasteiger charge is -2.31. The van der Waals surface area contributed by atoms with Crippen molar-refractivity contribution in [1.82, 2.24) is 0 Å². The normalized spacial score (nSPS) is 22.4. The van der Waals surface area contributed by atoms with E-state index in [1.54, 1.807) is 13.0 Å². The highest BCUT2D eigenvalue weighted by molar-refractivity contribution is 7.92. The standard InChI is InChI=1S/C20H26O5S/c1-4-25-18(21)19(2,26(3,23)24)14-15-20(22)12-10-17(11-13-20)16-8-6-5-7-9-16/h5-12,22H,4,13-15H2,1-3H3/t19-,20?/m1/s1. The topological polar surface area (TPSA) is 80.7 Å². The first kappa shape index (κ1) is 20.4. The zero-order valence-corrected chi connectivity index (χ0v) is 16.3.